The molecular formula is C20H22FN3O5S2. The SMILES string of the molecule is Cc1ccc(SCC(=O)NNC(=O)c2cc(S(=O)(=O)N3CCOCC3)ccc2F)cc1. The molecule has 1 aliphatic heterocycles. The number of carbonyl (C=O) groups excluding carboxylic acids is 2. The average Bonchev–Trinajstić information content (AvgIpc) is 2.78. The summed E-state index contributed by atoms with van der Waals surface area (Å²) in [6.07, 6.45) is 0. The number of morpholine rings is 1. The van der Waals surface area contributed by atoms with Crippen molar-refractivity contribution in [1.82, 2.24) is 15.2 Å². The molecule has 166 valence electrons. The molecule has 0 radical (unpaired) electrons. The minimum absolute atomic E-state index is 0.0390. The molecule has 0 unspecified atom stereocenters. The summed E-state index contributed by atoms with van der Waals surface area (Å²) < 4.78 is 46.0. The number of hydrogen-bond acceptors (Lipinski definition) is 6. The molecule has 2 N–H and O–H groups in total. The van der Waals surface area contributed by atoms with Crippen molar-refractivity contribution in [3.8, 4) is 0 Å². The topological polar surface area (TPSA) is 105 Å². The van der Waals surface area contributed by atoms with Gasteiger partial charge in [-0.1, -0.05) is 17.7 Å². The minimum Gasteiger partial charge on any atom is -0.379 e. The second kappa shape index (κ2) is 10.2. The highest BCUT2D eigenvalue weighted by atomic mass is 32.2. The summed E-state index contributed by atoms with van der Waals surface area (Å²) in [6, 6.07) is 10.6. The number of amides is 2. The average molecular weight is 468 g/mol. The van der Waals surface area contributed by atoms with Gasteiger partial charge in [0.05, 0.1) is 29.4 Å². The number of thioether (sulfide) groups is 1. The predicted octanol–water partition coefficient (Wildman–Crippen LogP) is 1.71. The maximum absolute atomic E-state index is 14.2. The van der Waals surface area contributed by atoms with Crippen LogP contribution in [0.5, 0.6) is 0 Å². The largest absolute Gasteiger partial charge is 0.379 e. The number of ether oxygens (including phenoxy) is 1. The molecule has 0 atom stereocenters. The lowest BCUT2D eigenvalue weighted by molar-refractivity contribution is -0.119. The molecule has 2 aromatic carbocycles. The van der Waals surface area contributed by atoms with Crippen LogP contribution in [-0.2, 0) is 19.6 Å². The molecule has 2 amide bonds. The van der Waals surface area contributed by atoms with Crippen LogP contribution in [0.25, 0.3) is 0 Å². The van der Waals surface area contributed by atoms with E-state index < -0.39 is 33.2 Å². The van der Waals surface area contributed by atoms with Gasteiger partial charge in [-0.05, 0) is 37.3 Å². The van der Waals surface area contributed by atoms with Gasteiger partial charge in [0.15, 0.2) is 0 Å². The molecule has 1 saturated heterocycles. The Morgan fingerprint density at radius 3 is 2.45 bits per heavy atom. The molecule has 0 bridgehead atoms. The first kappa shape index (κ1) is 23.2. The van der Waals surface area contributed by atoms with Crippen molar-refractivity contribution in [3.05, 3.63) is 59.4 Å². The first-order valence-electron chi connectivity index (χ1n) is 9.43. The van der Waals surface area contributed by atoms with Crippen molar-refractivity contribution >= 4 is 33.6 Å². The van der Waals surface area contributed by atoms with E-state index >= 15 is 0 Å². The Labute approximate surface area is 184 Å². The molecule has 2 aromatic rings. The molecule has 31 heavy (non-hydrogen) atoms. The molecule has 11 heteroatoms. The summed E-state index contributed by atoms with van der Waals surface area (Å²) in [5.74, 6) is -2.31. The number of halogens is 1. The minimum atomic E-state index is -3.89. The fraction of sp³-hybridized carbons (Fsp3) is 0.300. The van der Waals surface area contributed by atoms with Crippen LogP contribution in [0.2, 0.25) is 0 Å². The molecule has 1 heterocycles. The van der Waals surface area contributed by atoms with Crippen molar-refractivity contribution in [2.75, 3.05) is 32.1 Å². The lowest BCUT2D eigenvalue weighted by Crippen LogP contribution is -2.43. The highest BCUT2D eigenvalue weighted by molar-refractivity contribution is 8.00. The van der Waals surface area contributed by atoms with Gasteiger partial charge in [-0.15, -0.1) is 11.8 Å². The third-order valence-electron chi connectivity index (χ3n) is 4.50. The van der Waals surface area contributed by atoms with Gasteiger partial charge in [0, 0.05) is 18.0 Å². The second-order valence-corrected chi connectivity index (χ2v) is 9.75. The Kier molecular flexibility index (Phi) is 7.65. The standard InChI is InChI=1S/C20H22FN3O5S2/c1-14-2-4-15(5-3-14)30-13-19(25)22-23-20(26)17-12-16(6-7-18(17)21)31(27,28)24-8-10-29-11-9-24/h2-7,12H,8-11,13H2,1H3,(H,22,25)(H,23,26). The third-order valence-corrected chi connectivity index (χ3v) is 7.40. The van der Waals surface area contributed by atoms with E-state index in [1.54, 1.807) is 0 Å². The van der Waals surface area contributed by atoms with Gasteiger partial charge in [0.2, 0.25) is 15.9 Å². The van der Waals surface area contributed by atoms with E-state index in [-0.39, 0.29) is 37.0 Å². The normalized spacial score (nSPS) is 14.8. The summed E-state index contributed by atoms with van der Waals surface area (Å²) in [6.45, 7) is 2.84. The number of hydrazine groups is 1. The van der Waals surface area contributed by atoms with E-state index in [9.17, 15) is 22.4 Å². The van der Waals surface area contributed by atoms with Gasteiger partial charge in [0.1, 0.15) is 5.82 Å². The summed E-state index contributed by atoms with van der Waals surface area (Å²) >= 11 is 1.28. The van der Waals surface area contributed by atoms with Gasteiger partial charge in [0.25, 0.3) is 5.91 Å². The first-order valence-corrected chi connectivity index (χ1v) is 11.9. The second-order valence-electron chi connectivity index (χ2n) is 6.76. The molecular weight excluding hydrogens is 445 g/mol. The maximum Gasteiger partial charge on any atom is 0.272 e. The van der Waals surface area contributed by atoms with E-state index in [4.69, 9.17) is 4.74 Å². The van der Waals surface area contributed by atoms with Crippen LogP contribution in [0, 0.1) is 12.7 Å². The van der Waals surface area contributed by atoms with Crippen LogP contribution >= 0.6 is 11.8 Å². The Hall–Kier alpha value is -2.47. The lowest BCUT2D eigenvalue weighted by Gasteiger charge is -2.26. The van der Waals surface area contributed by atoms with E-state index in [0.29, 0.717) is 0 Å². The summed E-state index contributed by atoms with van der Waals surface area (Å²) in [4.78, 5) is 25.0. The number of nitrogens with one attached hydrogen (secondary N) is 2. The van der Waals surface area contributed by atoms with E-state index in [1.165, 1.54) is 16.1 Å². The van der Waals surface area contributed by atoms with Gasteiger partial charge in [-0.25, -0.2) is 12.8 Å². The van der Waals surface area contributed by atoms with Crippen molar-refractivity contribution in [1.29, 1.82) is 0 Å². The quantitative estimate of drug-likeness (QED) is 0.495. The molecule has 0 saturated carbocycles. The zero-order valence-corrected chi connectivity index (χ0v) is 18.4. The molecule has 0 spiro atoms. The Morgan fingerprint density at radius 2 is 1.77 bits per heavy atom. The predicted molar refractivity (Wildman–Crippen MR) is 113 cm³/mol. The monoisotopic (exact) mass is 467 g/mol. The Balaban J connectivity index is 1.61. The van der Waals surface area contributed by atoms with Gasteiger partial charge >= 0.3 is 0 Å². The zero-order valence-electron chi connectivity index (χ0n) is 16.8. The van der Waals surface area contributed by atoms with Gasteiger partial charge < -0.3 is 4.74 Å². The number of rotatable bonds is 6. The Bertz CT molecular complexity index is 1050. The van der Waals surface area contributed by atoms with Crippen LogP contribution in [-0.4, -0.2) is 56.6 Å². The summed E-state index contributed by atoms with van der Waals surface area (Å²) in [5, 5.41) is 0. The molecule has 3 rings (SSSR count). The molecule has 0 aliphatic carbocycles. The van der Waals surface area contributed by atoms with Gasteiger partial charge in [-0.2, -0.15) is 4.31 Å². The van der Waals surface area contributed by atoms with Crippen LogP contribution in [0.15, 0.2) is 52.3 Å². The van der Waals surface area contributed by atoms with Crippen molar-refractivity contribution in [3.63, 3.8) is 0 Å². The van der Waals surface area contributed by atoms with E-state index in [0.717, 1.165) is 28.7 Å². The zero-order chi connectivity index (χ0) is 22.4. The van der Waals surface area contributed by atoms with Crippen molar-refractivity contribution < 1.29 is 27.1 Å². The smallest absolute Gasteiger partial charge is 0.272 e. The molecule has 1 fully saturated rings. The van der Waals surface area contributed by atoms with Crippen LogP contribution in [0.4, 0.5) is 4.39 Å². The van der Waals surface area contributed by atoms with Gasteiger partial charge in [-0.3, -0.25) is 20.4 Å². The lowest BCUT2D eigenvalue weighted by atomic mass is 10.2. The van der Waals surface area contributed by atoms with Crippen molar-refractivity contribution in [2.45, 2.75) is 16.7 Å². The number of hydrogen-bond donors (Lipinski definition) is 2. The fourth-order valence-electron chi connectivity index (χ4n) is 2.79. The van der Waals surface area contributed by atoms with Crippen LogP contribution in [0.3, 0.4) is 0 Å². The molecule has 1 aliphatic rings. The fourth-order valence-corrected chi connectivity index (χ4v) is 4.92. The number of aryl methyl sites for hydroxylation is 1. The highest BCUT2D eigenvalue weighted by Crippen LogP contribution is 2.20. The third kappa shape index (κ3) is 6.03. The molecule has 8 nitrogen and oxygen atoms in total. The number of benzene rings is 2. The van der Waals surface area contributed by atoms with Crippen LogP contribution < -0.4 is 10.9 Å². The number of carbonyl (C=O) groups is 2. The summed E-state index contributed by atoms with van der Waals surface area (Å²) in [7, 11) is -3.89. The first-order chi connectivity index (χ1) is 14.8. The molecule has 0 aromatic heterocycles. The number of nitrogens with zero attached hydrogens (tertiary/aromatic N) is 1. The number of sulfonamides is 1. The van der Waals surface area contributed by atoms with E-state index in [1.807, 2.05) is 31.2 Å². The Morgan fingerprint density at radius 1 is 1.10 bits per heavy atom. The summed E-state index contributed by atoms with van der Waals surface area (Å²) in [5.41, 5.74) is 4.94. The van der Waals surface area contributed by atoms with E-state index in [2.05, 4.69) is 10.9 Å². The van der Waals surface area contributed by atoms with Crippen molar-refractivity contribution in [2.24, 2.45) is 0 Å². The maximum atomic E-state index is 14.2. The highest BCUT2D eigenvalue weighted by Gasteiger charge is 2.28. The van der Waals surface area contributed by atoms with Crippen LogP contribution in [0.1, 0.15) is 15.9 Å².